The van der Waals surface area contributed by atoms with Gasteiger partial charge in [0.25, 0.3) is 5.91 Å². The third-order valence-electron chi connectivity index (χ3n) is 7.04. The molecule has 0 saturated carbocycles. The number of anilines is 2. The second-order valence-electron chi connectivity index (χ2n) is 9.20. The SMILES string of the molecule is CN1c2ccccc2C(=O)N2CCc3c(n(CC(=O)Nc4ccc(C(F)(F)F)nc4)c4ccccc34)C21. The zero-order valence-corrected chi connectivity index (χ0v) is 19.8. The van der Waals surface area contributed by atoms with Crippen LogP contribution in [0.5, 0.6) is 0 Å². The molecule has 10 heteroatoms. The molecule has 2 aromatic heterocycles. The predicted octanol–water partition coefficient (Wildman–Crippen LogP) is 4.84. The number of rotatable bonds is 3. The minimum atomic E-state index is -4.56. The number of nitrogens with zero attached hydrogens (tertiary/aromatic N) is 4. The number of nitrogens with one attached hydrogen (secondary N) is 1. The van der Waals surface area contributed by atoms with Gasteiger partial charge in [0.05, 0.1) is 28.8 Å². The molecule has 1 unspecified atom stereocenters. The molecule has 188 valence electrons. The fourth-order valence-corrected chi connectivity index (χ4v) is 5.46. The number of pyridine rings is 1. The van der Waals surface area contributed by atoms with Gasteiger partial charge in [-0.3, -0.25) is 9.59 Å². The first-order chi connectivity index (χ1) is 17.7. The molecule has 37 heavy (non-hydrogen) atoms. The van der Waals surface area contributed by atoms with Crippen molar-refractivity contribution in [1.29, 1.82) is 0 Å². The quantitative estimate of drug-likeness (QED) is 0.433. The van der Waals surface area contributed by atoms with Crippen LogP contribution in [0.3, 0.4) is 0 Å². The van der Waals surface area contributed by atoms with Crippen molar-refractivity contribution in [1.82, 2.24) is 14.5 Å². The topological polar surface area (TPSA) is 70.5 Å². The Morgan fingerprint density at radius 1 is 1.08 bits per heavy atom. The molecule has 4 aromatic rings. The van der Waals surface area contributed by atoms with Crippen molar-refractivity contribution in [2.45, 2.75) is 25.3 Å². The first-order valence-corrected chi connectivity index (χ1v) is 11.8. The van der Waals surface area contributed by atoms with Gasteiger partial charge in [-0.05, 0) is 42.3 Å². The summed E-state index contributed by atoms with van der Waals surface area (Å²) in [6.45, 7) is 0.470. The average molecular weight is 506 g/mol. The van der Waals surface area contributed by atoms with Gasteiger partial charge >= 0.3 is 6.18 Å². The lowest BCUT2D eigenvalue weighted by atomic mass is 9.96. The molecule has 0 radical (unpaired) electrons. The minimum Gasteiger partial charge on any atom is -0.349 e. The monoisotopic (exact) mass is 505 g/mol. The molecule has 1 N–H and O–H groups in total. The van der Waals surface area contributed by atoms with Crippen LogP contribution in [0.25, 0.3) is 10.9 Å². The Morgan fingerprint density at radius 3 is 2.59 bits per heavy atom. The summed E-state index contributed by atoms with van der Waals surface area (Å²) in [5, 5.41) is 3.67. The van der Waals surface area contributed by atoms with E-state index in [1.54, 1.807) is 0 Å². The van der Waals surface area contributed by atoms with Crippen LogP contribution in [0.15, 0.2) is 66.9 Å². The fraction of sp³-hybridized carbons (Fsp3) is 0.222. The summed E-state index contributed by atoms with van der Waals surface area (Å²) in [5.41, 5.74) is 3.40. The number of amides is 2. The highest BCUT2D eigenvalue weighted by Gasteiger charge is 2.42. The Morgan fingerprint density at radius 2 is 1.84 bits per heavy atom. The Bertz CT molecular complexity index is 1540. The van der Waals surface area contributed by atoms with Crippen LogP contribution < -0.4 is 10.2 Å². The van der Waals surface area contributed by atoms with E-state index < -0.39 is 23.9 Å². The smallest absolute Gasteiger partial charge is 0.349 e. The van der Waals surface area contributed by atoms with Gasteiger partial charge in [-0.1, -0.05) is 30.3 Å². The van der Waals surface area contributed by atoms with Gasteiger partial charge < -0.3 is 19.7 Å². The van der Waals surface area contributed by atoms with Crippen LogP contribution in [0.4, 0.5) is 24.5 Å². The molecule has 0 spiro atoms. The van der Waals surface area contributed by atoms with E-state index in [4.69, 9.17) is 0 Å². The molecule has 0 fully saturated rings. The maximum atomic E-state index is 13.4. The van der Waals surface area contributed by atoms with E-state index in [9.17, 15) is 22.8 Å². The van der Waals surface area contributed by atoms with E-state index in [0.717, 1.165) is 40.1 Å². The van der Waals surface area contributed by atoms with Gasteiger partial charge in [-0.15, -0.1) is 0 Å². The third kappa shape index (κ3) is 3.71. The van der Waals surface area contributed by atoms with Crippen molar-refractivity contribution in [3.63, 3.8) is 0 Å². The van der Waals surface area contributed by atoms with E-state index in [0.29, 0.717) is 18.5 Å². The standard InChI is InChI=1S/C27H22F3N5O2/c1-33-20-8-4-3-7-19(20)26(37)34-13-12-18-17-6-2-5-9-21(17)35(24(18)25(33)34)15-23(36)32-16-10-11-22(31-14-16)27(28,29)30/h2-11,14,25H,12-13,15H2,1H3,(H,32,36). The van der Waals surface area contributed by atoms with Crippen LogP contribution in [0, 0.1) is 0 Å². The number of para-hydroxylation sites is 2. The summed E-state index contributed by atoms with van der Waals surface area (Å²) in [6, 6.07) is 17.3. The number of alkyl halides is 3. The highest BCUT2D eigenvalue weighted by molar-refractivity contribution is 6.03. The number of fused-ring (bicyclic) bond motifs is 6. The third-order valence-corrected chi connectivity index (χ3v) is 7.04. The van der Waals surface area contributed by atoms with Crippen molar-refractivity contribution in [2.24, 2.45) is 0 Å². The lowest BCUT2D eigenvalue weighted by Gasteiger charge is -2.46. The predicted molar refractivity (Wildman–Crippen MR) is 132 cm³/mol. The van der Waals surface area contributed by atoms with Crippen molar-refractivity contribution >= 4 is 34.1 Å². The van der Waals surface area contributed by atoms with Gasteiger partial charge in [0.15, 0.2) is 0 Å². The molecular formula is C27H22F3N5O2. The van der Waals surface area contributed by atoms with Crippen LogP contribution in [-0.4, -0.2) is 39.9 Å². The molecule has 0 saturated heterocycles. The van der Waals surface area contributed by atoms with Crippen LogP contribution in [-0.2, 0) is 23.9 Å². The minimum absolute atomic E-state index is 0.0542. The molecule has 0 aliphatic carbocycles. The normalized spacial score (nSPS) is 16.9. The summed E-state index contributed by atoms with van der Waals surface area (Å²) in [4.78, 5) is 33.8. The number of hydrogen-bond donors (Lipinski definition) is 1. The molecule has 2 aliphatic heterocycles. The van der Waals surface area contributed by atoms with Gasteiger partial charge in [0.2, 0.25) is 5.91 Å². The largest absolute Gasteiger partial charge is 0.433 e. The number of carbonyl (C=O) groups is 2. The van der Waals surface area contributed by atoms with E-state index in [1.807, 2.05) is 65.0 Å². The first-order valence-electron chi connectivity index (χ1n) is 11.8. The Hall–Kier alpha value is -4.34. The van der Waals surface area contributed by atoms with Crippen LogP contribution in [0.2, 0.25) is 0 Å². The molecule has 0 bridgehead atoms. The maximum Gasteiger partial charge on any atom is 0.433 e. The molecule has 1 atom stereocenters. The summed E-state index contributed by atoms with van der Waals surface area (Å²) < 4.78 is 40.4. The summed E-state index contributed by atoms with van der Waals surface area (Å²) >= 11 is 0. The van der Waals surface area contributed by atoms with Gasteiger partial charge in [-0.2, -0.15) is 13.2 Å². The van der Waals surface area contributed by atoms with E-state index in [1.165, 1.54) is 6.07 Å². The number of halogens is 3. The van der Waals surface area contributed by atoms with Crippen molar-refractivity contribution in [3.05, 3.63) is 89.4 Å². The van der Waals surface area contributed by atoms with Crippen molar-refractivity contribution in [2.75, 3.05) is 23.8 Å². The summed E-state index contributed by atoms with van der Waals surface area (Å²) in [6.07, 6.45) is -3.32. The molecule has 2 aliphatic rings. The number of carbonyl (C=O) groups excluding carboxylic acids is 2. The lowest BCUT2D eigenvalue weighted by Crippen LogP contribution is -2.51. The second kappa shape index (κ2) is 8.36. The highest BCUT2D eigenvalue weighted by atomic mass is 19.4. The van der Waals surface area contributed by atoms with Gasteiger partial charge in [0.1, 0.15) is 18.4 Å². The number of aromatic nitrogens is 2. The Balaban J connectivity index is 1.39. The summed E-state index contributed by atoms with van der Waals surface area (Å²) in [7, 11) is 1.94. The van der Waals surface area contributed by atoms with Crippen LogP contribution >= 0.6 is 0 Å². The molecule has 2 amide bonds. The zero-order chi connectivity index (χ0) is 25.9. The molecule has 4 heterocycles. The van der Waals surface area contributed by atoms with Crippen molar-refractivity contribution in [3.8, 4) is 0 Å². The Kier molecular flexibility index (Phi) is 5.22. The molecular weight excluding hydrogens is 483 g/mol. The van der Waals surface area contributed by atoms with Gasteiger partial charge in [0, 0.05) is 24.5 Å². The fourth-order valence-electron chi connectivity index (χ4n) is 5.46. The molecule has 6 rings (SSSR count). The average Bonchev–Trinajstić information content (AvgIpc) is 3.20. The van der Waals surface area contributed by atoms with Crippen molar-refractivity contribution < 1.29 is 22.8 Å². The number of benzene rings is 2. The molecule has 2 aromatic carbocycles. The second-order valence-corrected chi connectivity index (χ2v) is 9.20. The highest BCUT2D eigenvalue weighted by Crippen LogP contribution is 2.44. The van der Waals surface area contributed by atoms with Gasteiger partial charge in [-0.25, -0.2) is 4.98 Å². The summed E-state index contributed by atoms with van der Waals surface area (Å²) in [5.74, 6) is -0.464. The first kappa shape index (κ1) is 23.1. The van der Waals surface area contributed by atoms with E-state index in [-0.39, 0.29) is 18.1 Å². The lowest BCUT2D eigenvalue weighted by molar-refractivity contribution is -0.141. The Labute approximate surface area is 210 Å². The van der Waals surface area contributed by atoms with E-state index in [2.05, 4.69) is 15.2 Å². The van der Waals surface area contributed by atoms with E-state index >= 15 is 0 Å². The maximum absolute atomic E-state index is 13.4. The van der Waals surface area contributed by atoms with Crippen LogP contribution in [0.1, 0.15) is 33.5 Å². The number of hydrogen-bond acceptors (Lipinski definition) is 4. The zero-order valence-electron chi connectivity index (χ0n) is 19.8. The molecule has 7 nitrogen and oxygen atoms in total.